The maximum atomic E-state index is 10.9. The molecule has 0 heterocycles. The van der Waals surface area contributed by atoms with E-state index in [2.05, 4.69) is 4.74 Å². The van der Waals surface area contributed by atoms with Gasteiger partial charge in [-0.3, -0.25) is 4.79 Å². The molecule has 0 aromatic rings. The molecule has 1 rings (SSSR count). The van der Waals surface area contributed by atoms with Crippen LogP contribution in [0.5, 0.6) is 0 Å². The Morgan fingerprint density at radius 3 is 2.55 bits per heavy atom. The van der Waals surface area contributed by atoms with Gasteiger partial charge in [0, 0.05) is 6.54 Å². The fraction of sp³-hybridized carbons (Fsp3) is 0.857. The molecule has 1 aliphatic rings. The van der Waals surface area contributed by atoms with Gasteiger partial charge in [-0.05, 0) is 18.8 Å². The molecule has 0 aromatic heterocycles. The van der Waals surface area contributed by atoms with E-state index < -0.39 is 0 Å². The number of carbonyl (C=O) groups excluding carboxylic acids is 1. The van der Waals surface area contributed by atoms with Crippen LogP contribution < -0.4 is 5.73 Å². The summed E-state index contributed by atoms with van der Waals surface area (Å²) in [5, 5.41) is 0. The van der Waals surface area contributed by atoms with Crippen LogP contribution in [0, 0.1) is 11.8 Å². The number of ether oxygens (including phenoxy) is 1. The van der Waals surface area contributed by atoms with Crippen LogP contribution in [-0.4, -0.2) is 19.6 Å². The van der Waals surface area contributed by atoms with Gasteiger partial charge in [0.05, 0.1) is 13.0 Å². The maximum Gasteiger partial charge on any atom is 0.310 e. The topological polar surface area (TPSA) is 52.3 Å². The van der Waals surface area contributed by atoms with Gasteiger partial charge in [0.25, 0.3) is 0 Å². The van der Waals surface area contributed by atoms with E-state index in [0.717, 1.165) is 12.8 Å². The molecule has 11 heavy (non-hydrogen) atoms. The molecule has 0 bridgehead atoms. The monoisotopic (exact) mass is 179 g/mol. The molecule has 3 nitrogen and oxygen atoms in total. The van der Waals surface area contributed by atoms with E-state index in [1.54, 1.807) is 0 Å². The van der Waals surface area contributed by atoms with Crippen LogP contribution in [0.25, 0.3) is 0 Å². The first kappa shape index (κ1) is 10.7. The minimum absolute atomic E-state index is 0. The zero-order chi connectivity index (χ0) is 7.56. The van der Waals surface area contributed by atoms with Crippen LogP contribution in [-0.2, 0) is 9.53 Å². The van der Waals surface area contributed by atoms with E-state index in [1.807, 2.05) is 0 Å². The van der Waals surface area contributed by atoms with Crippen molar-refractivity contribution in [1.29, 1.82) is 0 Å². The summed E-state index contributed by atoms with van der Waals surface area (Å²) in [6.45, 7) is 0.428. The lowest BCUT2D eigenvalue weighted by molar-refractivity contribution is -0.145. The number of carbonyl (C=O) groups is 1. The van der Waals surface area contributed by atoms with Gasteiger partial charge in [0.15, 0.2) is 0 Å². The number of hydrogen-bond acceptors (Lipinski definition) is 3. The Morgan fingerprint density at radius 1 is 1.73 bits per heavy atom. The number of halogens is 1. The number of methoxy groups -OCH3 is 1. The molecule has 1 atom stereocenters. The van der Waals surface area contributed by atoms with Crippen molar-refractivity contribution in [2.24, 2.45) is 17.6 Å². The van der Waals surface area contributed by atoms with E-state index in [1.165, 1.54) is 7.11 Å². The SMILES string of the molecule is COC(=O)C(CN)C1CC1.Cl. The summed E-state index contributed by atoms with van der Waals surface area (Å²) in [6.07, 6.45) is 2.27. The van der Waals surface area contributed by atoms with E-state index in [9.17, 15) is 4.79 Å². The second-order valence-corrected chi connectivity index (χ2v) is 2.70. The van der Waals surface area contributed by atoms with Gasteiger partial charge in [-0.2, -0.15) is 0 Å². The zero-order valence-corrected chi connectivity index (χ0v) is 7.39. The van der Waals surface area contributed by atoms with Crippen molar-refractivity contribution in [3.63, 3.8) is 0 Å². The molecule has 0 aromatic carbocycles. The molecule has 2 N–H and O–H groups in total. The molecular formula is C7H14ClNO2. The van der Waals surface area contributed by atoms with Crippen molar-refractivity contribution < 1.29 is 9.53 Å². The highest BCUT2D eigenvalue weighted by Crippen LogP contribution is 2.36. The Labute approximate surface area is 72.7 Å². The Morgan fingerprint density at radius 2 is 2.27 bits per heavy atom. The van der Waals surface area contributed by atoms with Gasteiger partial charge in [-0.1, -0.05) is 0 Å². The predicted octanol–water partition coefficient (Wildman–Crippen LogP) is 0.566. The van der Waals surface area contributed by atoms with Gasteiger partial charge in [0.2, 0.25) is 0 Å². The fourth-order valence-corrected chi connectivity index (χ4v) is 1.13. The van der Waals surface area contributed by atoms with Gasteiger partial charge in [0.1, 0.15) is 0 Å². The van der Waals surface area contributed by atoms with Crippen molar-refractivity contribution >= 4 is 18.4 Å². The lowest BCUT2D eigenvalue weighted by atomic mass is 10.1. The summed E-state index contributed by atoms with van der Waals surface area (Å²) in [7, 11) is 1.41. The zero-order valence-electron chi connectivity index (χ0n) is 6.58. The number of nitrogens with two attached hydrogens (primary N) is 1. The molecule has 1 fully saturated rings. The van der Waals surface area contributed by atoms with Gasteiger partial charge in [-0.25, -0.2) is 0 Å². The summed E-state index contributed by atoms with van der Waals surface area (Å²) < 4.78 is 4.59. The number of hydrogen-bond donors (Lipinski definition) is 1. The minimum atomic E-state index is -0.148. The first-order valence-corrected chi connectivity index (χ1v) is 3.57. The van der Waals surface area contributed by atoms with E-state index in [-0.39, 0.29) is 24.3 Å². The summed E-state index contributed by atoms with van der Waals surface area (Å²) in [6, 6.07) is 0. The second kappa shape index (κ2) is 4.57. The van der Waals surface area contributed by atoms with Gasteiger partial charge in [-0.15, -0.1) is 12.4 Å². The largest absolute Gasteiger partial charge is 0.469 e. The third kappa shape index (κ3) is 2.67. The fourth-order valence-electron chi connectivity index (χ4n) is 1.13. The lowest BCUT2D eigenvalue weighted by Gasteiger charge is -2.09. The maximum absolute atomic E-state index is 10.9. The van der Waals surface area contributed by atoms with Crippen molar-refractivity contribution in [3.05, 3.63) is 0 Å². The molecule has 1 saturated carbocycles. The normalized spacial score (nSPS) is 18.4. The van der Waals surface area contributed by atoms with Crippen LogP contribution in [0.3, 0.4) is 0 Å². The Hall–Kier alpha value is -0.280. The van der Waals surface area contributed by atoms with Crippen molar-refractivity contribution in [1.82, 2.24) is 0 Å². The molecule has 0 radical (unpaired) electrons. The summed E-state index contributed by atoms with van der Waals surface area (Å²) in [5.41, 5.74) is 5.39. The number of esters is 1. The molecule has 66 valence electrons. The Balaban J connectivity index is 0.000001000. The molecular weight excluding hydrogens is 166 g/mol. The smallest absolute Gasteiger partial charge is 0.310 e. The van der Waals surface area contributed by atoms with Crippen LogP contribution in [0.4, 0.5) is 0 Å². The second-order valence-electron chi connectivity index (χ2n) is 2.70. The molecule has 4 heteroatoms. The van der Waals surface area contributed by atoms with Crippen LogP contribution in [0.1, 0.15) is 12.8 Å². The lowest BCUT2D eigenvalue weighted by Crippen LogP contribution is -2.26. The van der Waals surface area contributed by atoms with E-state index >= 15 is 0 Å². The first-order valence-electron chi connectivity index (χ1n) is 3.57. The Bertz CT molecular complexity index is 136. The van der Waals surface area contributed by atoms with Crippen LogP contribution in [0.15, 0.2) is 0 Å². The van der Waals surface area contributed by atoms with Gasteiger partial charge < -0.3 is 10.5 Å². The highest BCUT2D eigenvalue weighted by atomic mass is 35.5. The number of rotatable bonds is 3. The third-order valence-corrected chi connectivity index (χ3v) is 1.95. The Kier molecular flexibility index (Phi) is 4.45. The van der Waals surface area contributed by atoms with Crippen molar-refractivity contribution in [3.8, 4) is 0 Å². The van der Waals surface area contributed by atoms with E-state index in [0.29, 0.717) is 12.5 Å². The standard InChI is InChI=1S/C7H13NO2.ClH/c1-10-7(9)6(4-8)5-2-3-5;/h5-6H,2-4,8H2,1H3;1H. The molecule has 1 unspecified atom stereocenters. The van der Waals surface area contributed by atoms with E-state index in [4.69, 9.17) is 5.73 Å². The third-order valence-electron chi connectivity index (χ3n) is 1.95. The average molecular weight is 180 g/mol. The highest BCUT2D eigenvalue weighted by Gasteiger charge is 2.35. The van der Waals surface area contributed by atoms with Gasteiger partial charge >= 0.3 is 5.97 Å². The highest BCUT2D eigenvalue weighted by molar-refractivity contribution is 5.85. The summed E-state index contributed by atoms with van der Waals surface area (Å²) in [4.78, 5) is 10.9. The average Bonchev–Trinajstić information content (AvgIpc) is 2.73. The first-order chi connectivity index (χ1) is 4.79. The molecule has 0 spiro atoms. The minimum Gasteiger partial charge on any atom is -0.469 e. The summed E-state index contributed by atoms with van der Waals surface area (Å²) >= 11 is 0. The van der Waals surface area contributed by atoms with Crippen molar-refractivity contribution in [2.75, 3.05) is 13.7 Å². The van der Waals surface area contributed by atoms with Crippen LogP contribution >= 0.6 is 12.4 Å². The van der Waals surface area contributed by atoms with Crippen molar-refractivity contribution in [2.45, 2.75) is 12.8 Å². The predicted molar refractivity (Wildman–Crippen MR) is 44.5 cm³/mol. The van der Waals surface area contributed by atoms with Crippen LogP contribution in [0.2, 0.25) is 0 Å². The molecule has 0 aliphatic heterocycles. The molecule has 0 amide bonds. The quantitative estimate of drug-likeness (QED) is 0.645. The summed E-state index contributed by atoms with van der Waals surface area (Å²) in [5.74, 6) is 0.326. The molecule has 0 saturated heterocycles. The molecule has 1 aliphatic carbocycles.